The first-order chi connectivity index (χ1) is 13.3. The molecule has 2 aromatic carbocycles. The third kappa shape index (κ3) is 3.70. The molecule has 5 heteroatoms. The number of nitrogens with one attached hydrogen (secondary N) is 1. The Morgan fingerprint density at radius 3 is 2.70 bits per heavy atom. The van der Waals surface area contributed by atoms with Crippen molar-refractivity contribution in [2.24, 2.45) is 0 Å². The molecular formula is C22H24N2O2S. The van der Waals surface area contributed by atoms with Gasteiger partial charge in [-0.05, 0) is 48.4 Å². The minimum absolute atomic E-state index is 0.0179. The largest absolute Gasteiger partial charge is 0.383 e. The van der Waals surface area contributed by atoms with Crippen molar-refractivity contribution in [3.05, 3.63) is 70.0 Å². The predicted octanol–water partition coefficient (Wildman–Crippen LogP) is 4.85. The first kappa shape index (κ1) is 18.0. The SMILES string of the molecule is COCCn1sc(-c2ccccc2)c(Nc2cccc3c2CCCC3)c1=O. The van der Waals surface area contributed by atoms with Gasteiger partial charge in [-0.2, -0.15) is 0 Å². The summed E-state index contributed by atoms with van der Waals surface area (Å²) in [5.74, 6) is 0. The van der Waals surface area contributed by atoms with Gasteiger partial charge in [0, 0.05) is 12.8 Å². The highest BCUT2D eigenvalue weighted by molar-refractivity contribution is 7.10. The molecule has 0 aliphatic heterocycles. The van der Waals surface area contributed by atoms with Crippen LogP contribution in [0.25, 0.3) is 10.4 Å². The van der Waals surface area contributed by atoms with Crippen molar-refractivity contribution in [2.75, 3.05) is 19.0 Å². The fourth-order valence-corrected chi connectivity index (χ4v) is 4.70. The summed E-state index contributed by atoms with van der Waals surface area (Å²) in [7, 11) is 1.66. The molecule has 27 heavy (non-hydrogen) atoms. The van der Waals surface area contributed by atoms with Gasteiger partial charge in [-0.3, -0.25) is 8.75 Å². The molecule has 0 bridgehead atoms. The van der Waals surface area contributed by atoms with E-state index in [9.17, 15) is 4.79 Å². The molecule has 140 valence electrons. The van der Waals surface area contributed by atoms with Crippen LogP contribution in [-0.4, -0.2) is 17.7 Å². The molecule has 0 atom stereocenters. The van der Waals surface area contributed by atoms with Crippen LogP contribution in [-0.2, 0) is 24.1 Å². The smallest absolute Gasteiger partial charge is 0.285 e. The highest BCUT2D eigenvalue weighted by Gasteiger charge is 2.19. The van der Waals surface area contributed by atoms with E-state index in [0.717, 1.165) is 29.0 Å². The number of ether oxygens (including phenoxy) is 1. The van der Waals surface area contributed by atoms with E-state index in [2.05, 4.69) is 35.6 Å². The van der Waals surface area contributed by atoms with Crippen LogP contribution in [0, 0.1) is 0 Å². The summed E-state index contributed by atoms with van der Waals surface area (Å²) in [5.41, 5.74) is 5.58. The summed E-state index contributed by atoms with van der Waals surface area (Å²) < 4.78 is 6.96. The van der Waals surface area contributed by atoms with Crippen molar-refractivity contribution in [1.29, 1.82) is 0 Å². The molecule has 0 radical (unpaired) electrons. The zero-order chi connectivity index (χ0) is 18.6. The molecule has 0 spiro atoms. The number of benzene rings is 2. The van der Waals surface area contributed by atoms with E-state index < -0.39 is 0 Å². The summed E-state index contributed by atoms with van der Waals surface area (Å²) >= 11 is 1.50. The zero-order valence-corrected chi connectivity index (χ0v) is 16.3. The lowest BCUT2D eigenvalue weighted by molar-refractivity contribution is 0.189. The van der Waals surface area contributed by atoms with E-state index in [1.165, 1.54) is 35.5 Å². The molecule has 0 saturated heterocycles. The van der Waals surface area contributed by atoms with Gasteiger partial charge in [0.25, 0.3) is 5.56 Å². The molecule has 4 nitrogen and oxygen atoms in total. The van der Waals surface area contributed by atoms with Crippen molar-refractivity contribution in [2.45, 2.75) is 32.2 Å². The van der Waals surface area contributed by atoms with E-state index in [-0.39, 0.29) is 5.56 Å². The summed E-state index contributed by atoms with van der Waals surface area (Å²) in [5, 5.41) is 3.50. The third-order valence-corrected chi connectivity index (χ3v) is 6.25. The molecular weight excluding hydrogens is 356 g/mol. The van der Waals surface area contributed by atoms with Crippen LogP contribution in [0.3, 0.4) is 0 Å². The van der Waals surface area contributed by atoms with E-state index in [0.29, 0.717) is 18.8 Å². The molecule has 1 heterocycles. The number of fused-ring (bicyclic) bond motifs is 1. The number of nitrogens with zero attached hydrogens (tertiary/aromatic N) is 1. The van der Waals surface area contributed by atoms with Crippen LogP contribution in [0.2, 0.25) is 0 Å². The van der Waals surface area contributed by atoms with Crippen molar-refractivity contribution in [1.82, 2.24) is 3.96 Å². The number of aryl methyl sites for hydroxylation is 1. The molecule has 0 amide bonds. The number of rotatable bonds is 6. The Labute approximate surface area is 163 Å². The topological polar surface area (TPSA) is 43.3 Å². The third-order valence-electron chi connectivity index (χ3n) is 5.06. The van der Waals surface area contributed by atoms with Crippen molar-refractivity contribution < 1.29 is 4.74 Å². The predicted molar refractivity (Wildman–Crippen MR) is 112 cm³/mol. The minimum atomic E-state index is 0.0179. The second-order valence-electron chi connectivity index (χ2n) is 6.84. The molecule has 1 aliphatic carbocycles. The Balaban J connectivity index is 1.78. The maximum Gasteiger partial charge on any atom is 0.285 e. The highest BCUT2D eigenvalue weighted by Crippen LogP contribution is 2.35. The van der Waals surface area contributed by atoms with Gasteiger partial charge in [-0.15, -0.1) is 0 Å². The van der Waals surface area contributed by atoms with Gasteiger partial charge in [0.1, 0.15) is 5.69 Å². The Hall–Kier alpha value is -2.37. The molecule has 1 aliphatic rings. The number of methoxy groups -OCH3 is 1. The van der Waals surface area contributed by atoms with Gasteiger partial charge >= 0.3 is 0 Å². The average Bonchev–Trinajstić information content (AvgIpc) is 3.03. The van der Waals surface area contributed by atoms with Crippen LogP contribution in [0.15, 0.2) is 53.3 Å². The first-order valence-corrected chi connectivity index (χ1v) is 10.2. The van der Waals surface area contributed by atoms with E-state index in [1.807, 2.05) is 18.2 Å². The lowest BCUT2D eigenvalue weighted by Crippen LogP contribution is -2.18. The standard InChI is InChI=1S/C22H24N2O2S/c1-26-15-14-24-22(25)20(21(27-24)17-9-3-2-4-10-17)23-19-13-7-11-16-8-5-6-12-18(16)19/h2-4,7,9-11,13,23H,5-6,8,12,14-15H2,1H3. The molecule has 0 unspecified atom stereocenters. The highest BCUT2D eigenvalue weighted by atomic mass is 32.1. The Kier molecular flexibility index (Phi) is 5.41. The maximum absolute atomic E-state index is 13.1. The Morgan fingerprint density at radius 2 is 1.89 bits per heavy atom. The van der Waals surface area contributed by atoms with E-state index >= 15 is 0 Å². The van der Waals surface area contributed by atoms with Crippen LogP contribution in [0.1, 0.15) is 24.0 Å². The van der Waals surface area contributed by atoms with Gasteiger partial charge in [0.15, 0.2) is 0 Å². The molecule has 1 N–H and O–H groups in total. The second-order valence-corrected chi connectivity index (χ2v) is 7.87. The van der Waals surface area contributed by atoms with Crippen LogP contribution < -0.4 is 10.9 Å². The van der Waals surface area contributed by atoms with Crippen molar-refractivity contribution >= 4 is 22.9 Å². The summed E-state index contributed by atoms with van der Waals surface area (Å²) in [6.45, 7) is 1.09. The fourth-order valence-electron chi connectivity index (χ4n) is 3.67. The van der Waals surface area contributed by atoms with Gasteiger partial charge in [-0.1, -0.05) is 54.0 Å². The van der Waals surface area contributed by atoms with Gasteiger partial charge in [0.2, 0.25) is 0 Å². The number of anilines is 2. The Bertz CT molecular complexity index is 976. The summed E-state index contributed by atoms with van der Waals surface area (Å²) in [6, 6.07) is 16.5. The average molecular weight is 381 g/mol. The lowest BCUT2D eigenvalue weighted by atomic mass is 9.90. The molecule has 0 fully saturated rings. The summed E-state index contributed by atoms with van der Waals surface area (Å²) in [6.07, 6.45) is 4.65. The molecule has 1 aromatic heterocycles. The summed E-state index contributed by atoms with van der Waals surface area (Å²) in [4.78, 5) is 14.1. The first-order valence-electron chi connectivity index (χ1n) is 9.44. The number of aromatic nitrogens is 1. The molecule has 4 rings (SSSR count). The van der Waals surface area contributed by atoms with Crippen molar-refractivity contribution in [3.8, 4) is 10.4 Å². The van der Waals surface area contributed by atoms with Crippen molar-refractivity contribution in [3.63, 3.8) is 0 Å². The second kappa shape index (κ2) is 8.11. The quantitative estimate of drug-likeness (QED) is 0.665. The van der Waals surface area contributed by atoms with Gasteiger partial charge < -0.3 is 10.1 Å². The van der Waals surface area contributed by atoms with Crippen LogP contribution in [0.5, 0.6) is 0 Å². The number of hydrogen-bond donors (Lipinski definition) is 1. The molecule has 0 saturated carbocycles. The van der Waals surface area contributed by atoms with Gasteiger partial charge in [0.05, 0.1) is 18.0 Å². The Morgan fingerprint density at radius 1 is 1.07 bits per heavy atom. The van der Waals surface area contributed by atoms with E-state index in [4.69, 9.17) is 4.74 Å². The lowest BCUT2D eigenvalue weighted by Gasteiger charge is -2.20. The fraction of sp³-hybridized carbons (Fsp3) is 0.318. The van der Waals surface area contributed by atoms with Crippen LogP contribution >= 0.6 is 11.5 Å². The maximum atomic E-state index is 13.1. The minimum Gasteiger partial charge on any atom is -0.383 e. The van der Waals surface area contributed by atoms with E-state index in [1.54, 1.807) is 11.1 Å². The number of hydrogen-bond acceptors (Lipinski definition) is 4. The normalized spacial score (nSPS) is 13.4. The zero-order valence-electron chi connectivity index (χ0n) is 15.5. The monoisotopic (exact) mass is 380 g/mol. The van der Waals surface area contributed by atoms with Gasteiger partial charge in [-0.25, -0.2) is 0 Å². The van der Waals surface area contributed by atoms with Crippen LogP contribution in [0.4, 0.5) is 11.4 Å². The molecule has 3 aromatic rings.